The molecule has 2 aliphatic heterocycles. The fourth-order valence-electron chi connectivity index (χ4n) is 5.31. The molecule has 9 heteroatoms. The monoisotopic (exact) mass is 499 g/mol. The van der Waals surface area contributed by atoms with Crippen molar-refractivity contribution >= 4 is 17.3 Å². The summed E-state index contributed by atoms with van der Waals surface area (Å²) >= 11 is 0. The lowest BCUT2D eigenvalue weighted by Gasteiger charge is -2.50. The standard InChI is InChI=1S/C27H28F3N3O3/c1-31(16-22-4-3-13-36-22)26(34)23-15-18-14-19(27(28,29)30)5-10-24(18)33-12-11-32(17-25(23)33)20-6-8-21(35-2)9-7-20/h3-10,13-14,23,25H,11-12,15-17H2,1-2H3/t23-,25-/m0/s1. The maximum Gasteiger partial charge on any atom is 0.416 e. The Balaban J connectivity index is 1.46. The van der Waals surface area contributed by atoms with Gasteiger partial charge >= 0.3 is 6.18 Å². The van der Waals surface area contributed by atoms with E-state index >= 15 is 0 Å². The van der Waals surface area contributed by atoms with E-state index in [9.17, 15) is 18.0 Å². The van der Waals surface area contributed by atoms with Crippen LogP contribution in [0.3, 0.4) is 0 Å². The molecule has 1 fully saturated rings. The van der Waals surface area contributed by atoms with E-state index in [-0.39, 0.29) is 18.4 Å². The van der Waals surface area contributed by atoms with E-state index in [2.05, 4.69) is 9.80 Å². The minimum atomic E-state index is -4.44. The minimum absolute atomic E-state index is 0.110. The molecule has 1 aromatic heterocycles. The number of alkyl halides is 3. The van der Waals surface area contributed by atoms with Gasteiger partial charge in [0.1, 0.15) is 11.5 Å². The Morgan fingerprint density at radius 2 is 1.92 bits per heavy atom. The van der Waals surface area contributed by atoms with E-state index in [0.29, 0.717) is 37.5 Å². The van der Waals surface area contributed by atoms with Crippen molar-refractivity contribution in [2.24, 2.45) is 5.92 Å². The van der Waals surface area contributed by atoms with Crippen molar-refractivity contribution in [1.29, 1.82) is 0 Å². The average Bonchev–Trinajstić information content (AvgIpc) is 3.39. The zero-order chi connectivity index (χ0) is 25.4. The summed E-state index contributed by atoms with van der Waals surface area (Å²) in [5, 5.41) is 0. The highest BCUT2D eigenvalue weighted by molar-refractivity contribution is 5.82. The number of fused-ring (bicyclic) bond motifs is 3. The first-order chi connectivity index (χ1) is 17.2. The lowest BCUT2D eigenvalue weighted by Crippen LogP contribution is -2.61. The highest BCUT2D eigenvalue weighted by atomic mass is 19.4. The number of rotatable bonds is 5. The van der Waals surface area contributed by atoms with Crippen LogP contribution < -0.4 is 14.5 Å². The maximum absolute atomic E-state index is 13.7. The lowest BCUT2D eigenvalue weighted by molar-refractivity contribution is -0.137. The fraction of sp³-hybridized carbons (Fsp3) is 0.370. The highest BCUT2D eigenvalue weighted by Gasteiger charge is 2.43. The number of hydrogen-bond acceptors (Lipinski definition) is 5. The summed E-state index contributed by atoms with van der Waals surface area (Å²) in [4.78, 5) is 19.6. The van der Waals surface area contributed by atoms with E-state index in [1.165, 1.54) is 6.07 Å². The number of amides is 1. The molecule has 0 radical (unpaired) electrons. The Labute approximate surface area is 207 Å². The number of furan rings is 1. The molecule has 36 heavy (non-hydrogen) atoms. The molecule has 0 bridgehead atoms. The van der Waals surface area contributed by atoms with Crippen molar-refractivity contribution in [3.8, 4) is 5.75 Å². The maximum atomic E-state index is 13.7. The van der Waals surface area contributed by atoms with Crippen LogP contribution in [0.2, 0.25) is 0 Å². The third kappa shape index (κ3) is 4.62. The second kappa shape index (κ2) is 9.44. The van der Waals surface area contributed by atoms with Gasteiger partial charge < -0.3 is 23.9 Å². The van der Waals surface area contributed by atoms with E-state index in [0.717, 1.165) is 23.2 Å². The molecular formula is C27H28F3N3O3. The second-order valence-corrected chi connectivity index (χ2v) is 9.33. The summed E-state index contributed by atoms with van der Waals surface area (Å²) in [5.41, 5.74) is 1.67. The van der Waals surface area contributed by atoms with Crippen molar-refractivity contribution in [2.45, 2.75) is 25.2 Å². The minimum Gasteiger partial charge on any atom is -0.497 e. The van der Waals surface area contributed by atoms with Crippen molar-refractivity contribution < 1.29 is 27.1 Å². The number of carbonyl (C=O) groups excluding carboxylic acids is 1. The molecule has 2 aromatic carbocycles. The molecule has 190 valence electrons. The predicted molar refractivity (Wildman–Crippen MR) is 130 cm³/mol. The van der Waals surface area contributed by atoms with Crippen molar-refractivity contribution in [3.63, 3.8) is 0 Å². The van der Waals surface area contributed by atoms with Crippen LogP contribution in [0, 0.1) is 5.92 Å². The Hall–Kier alpha value is -3.62. The molecule has 0 N–H and O–H groups in total. The smallest absolute Gasteiger partial charge is 0.416 e. The van der Waals surface area contributed by atoms with Crippen LogP contribution in [0.5, 0.6) is 5.75 Å². The zero-order valence-corrected chi connectivity index (χ0v) is 20.2. The van der Waals surface area contributed by atoms with Gasteiger partial charge in [-0.2, -0.15) is 13.2 Å². The fourth-order valence-corrected chi connectivity index (χ4v) is 5.31. The van der Waals surface area contributed by atoms with Gasteiger partial charge in [0.25, 0.3) is 0 Å². The Kier molecular flexibility index (Phi) is 6.32. The average molecular weight is 500 g/mol. The van der Waals surface area contributed by atoms with Crippen molar-refractivity contribution in [3.05, 3.63) is 77.7 Å². The first-order valence-electron chi connectivity index (χ1n) is 11.9. The van der Waals surface area contributed by atoms with Crippen LogP contribution >= 0.6 is 0 Å². The zero-order valence-electron chi connectivity index (χ0n) is 20.2. The van der Waals surface area contributed by atoms with E-state index in [1.54, 1.807) is 43.5 Å². The number of halogens is 3. The number of nitrogens with zero attached hydrogens (tertiary/aromatic N) is 3. The van der Waals surface area contributed by atoms with Gasteiger partial charge in [0.05, 0.1) is 37.4 Å². The van der Waals surface area contributed by atoms with E-state index < -0.39 is 17.7 Å². The Morgan fingerprint density at radius 3 is 2.58 bits per heavy atom. The van der Waals surface area contributed by atoms with Gasteiger partial charge in [0.15, 0.2) is 0 Å². The normalized spacial score (nSPS) is 19.5. The molecular weight excluding hydrogens is 471 g/mol. The van der Waals surface area contributed by atoms with Crippen LogP contribution in [0.4, 0.5) is 24.5 Å². The molecule has 0 unspecified atom stereocenters. The summed E-state index contributed by atoms with van der Waals surface area (Å²) < 4.78 is 51.1. The molecule has 2 aliphatic rings. The van der Waals surface area contributed by atoms with Gasteiger partial charge in [-0.1, -0.05) is 0 Å². The van der Waals surface area contributed by atoms with Crippen LogP contribution in [0.15, 0.2) is 65.3 Å². The molecule has 0 spiro atoms. The molecule has 1 saturated heterocycles. The molecule has 2 atom stereocenters. The van der Waals surface area contributed by atoms with E-state index in [4.69, 9.17) is 9.15 Å². The molecule has 3 aromatic rings. The number of ether oxygens (including phenoxy) is 1. The number of methoxy groups -OCH3 is 1. The Morgan fingerprint density at radius 1 is 1.14 bits per heavy atom. The third-order valence-electron chi connectivity index (χ3n) is 7.14. The molecule has 3 heterocycles. The number of benzene rings is 2. The number of anilines is 2. The quantitative estimate of drug-likeness (QED) is 0.503. The summed E-state index contributed by atoms with van der Waals surface area (Å²) in [7, 11) is 3.33. The topological polar surface area (TPSA) is 49.2 Å². The lowest BCUT2D eigenvalue weighted by atomic mass is 9.82. The van der Waals surface area contributed by atoms with Crippen LogP contribution in [0.1, 0.15) is 16.9 Å². The molecule has 5 rings (SSSR count). The van der Waals surface area contributed by atoms with Crippen LogP contribution in [0.25, 0.3) is 0 Å². The SMILES string of the molecule is COc1ccc(N2CCN3c4ccc(C(F)(F)F)cc4C[C@H](C(=O)N(C)Cc4ccco4)[C@@H]3C2)cc1. The van der Waals surface area contributed by atoms with Gasteiger partial charge in [-0.05, 0) is 66.6 Å². The summed E-state index contributed by atoms with van der Waals surface area (Å²) in [6.07, 6.45) is -2.63. The molecule has 0 saturated carbocycles. The summed E-state index contributed by atoms with van der Waals surface area (Å²) in [6, 6.07) is 15.0. The largest absolute Gasteiger partial charge is 0.497 e. The first kappa shape index (κ1) is 24.1. The third-order valence-corrected chi connectivity index (χ3v) is 7.14. The van der Waals surface area contributed by atoms with E-state index in [1.807, 2.05) is 24.3 Å². The van der Waals surface area contributed by atoms with Gasteiger partial charge in [0.2, 0.25) is 5.91 Å². The van der Waals surface area contributed by atoms with Gasteiger partial charge in [-0.15, -0.1) is 0 Å². The van der Waals surface area contributed by atoms with Crippen LogP contribution in [-0.2, 0) is 23.9 Å². The second-order valence-electron chi connectivity index (χ2n) is 9.33. The Bertz CT molecular complexity index is 1210. The van der Waals surface area contributed by atoms with Crippen LogP contribution in [-0.4, -0.2) is 50.6 Å². The molecule has 6 nitrogen and oxygen atoms in total. The summed E-state index contributed by atoms with van der Waals surface area (Å²) in [6.45, 7) is 2.16. The number of carbonyl (C=O) groups is 1. The number of piperazine rings is 1. The molecule has 0 aliphatic carbocycles. The summed E-state index contributed by atoms with van der Waals surface area (Å²) in [5.74, 6) is 0.807. The highest BCUT2D eigenvalue weighted by Crippen LogP contribution is 2.40. The van der Waals surface area contributed by atoms with Gasteiger partial charge in [0, 0.05) is 38.1 Å². The van der Waals surface area contributed by atoms with Crippen molar-refractivity contribution in [2.75, 3.05) is 43.6 Å². The van der Waals surface area contributed by atoms with Gasteiger partial charge in [-0.25, -0.2) is 0 Å². The predicted octanol–water partition coefficient (Wildman–Crippen LogP) is 4.83. The first-order valence-corrected chi connectivity index (χ1v) is 11.9. The number of hydrogen-bond donors (Lipinski definition) is 0. The molecule has 1 amide bonds. The van der Waals surface area contributed by atoms with Crippen molar-refractivity contribution in [1.82, 2.24) is 4.90 Å². The van der Waals surface area contributed by atoms with Gasteiger partial charge in [-0.3, -0.25) is 4.79 Å².